The van der Waals surface area contributed by atoms with Crippen molar-refractivity contribution in [2.24, 2.45) is 11.7 Å². The van der Waals surface area contributed by atoms with Crippen molar-refractivity contribution in [1.82, 2.24) is 0 Å². The van der Waals surface area contributed by atoms with Crippen LogP contribution in [0.4, 0.5) is 5.69 Å². The zero-order valence-corrected chi connectivity index (χ0v) is 10.2. The van der Waals surface area contributed by atoms with E-state index in [1.165, 1.54) is 0 Å². The van der Waals surface area contributed by atoms with Crippen LogP contribution in [0.3, 0.4) is 0 Å². The van der Waals surface area contributed by atoms with E-state index in [0.29, 0.717) is 12.1 Å². The van der Waals surface area contributed by atoms with Crippen molar-refractivity contribution in [2.75, 3.05) is 18.5 Å². The van der Waals surface area contributed by atoms with Gasteiger partial charge in [0.05, 0.1) is 17.6 Å². The van der Waals surface area contributed by atoms with Gasteiger partial charge in [-0.25, -0.2) is 0 Å². The average molecular weight is 231 g/mol. The molecule has 2 N–H and O–H groups in total. The molecule has 0 fully saturated rings. The molecule has 1 aromatic carbocycles. The fourth-order valence-electron chi connectivity index (χ4n) is 1.60. The van der Waals surface area contributed by atoms with Crippen LogP contribution in [0.5, 0.6) is 0 Å². The first-order valence-electron chi connectivity index (χ1n) is 5.61. The highest BCUT2D eigenvalue weighted by molar-refractivity contribution is 5.94. The van der Waals surface area contributed by atoms with Gasteiger partial charge < -0.3 is 10.6 Å². The lowest BCUT2D eigenvalue weighted by Gasteiger charge is -2.22. The number of hydrogen-bond donors (Lipinski definition) is 1. The Balaban J connectivity index is 2.85. The van der Waals surface area contributed by atoms with Crippen molar-refractivity contribution < 1.29 is 4.79 Å². The molecule has 0 aliphatic carbocycles. The van der Waals surface area contributed by atoms with Gasteiger partial charge in [-0.2, -0.15) is 5.26 Å². The summed E-state index contributed by atoms with van der Waals surface area (Å²) < 4.78 is 0. The van der Waals surface area contributed by atoms with Crippen molar-refractivity contribution >= 4 is 11.6 Å². The molecular weight excluding hydrogens is 214 g/mol. The maximum atomic E-state index is 12.0. The monoisotopic (exact) mass is 231 g/mol. The van der Waals surface area contributed by atoms with Crippen LogP contribution < -0.4 is 10.6 Å². The van der Waals surface area contributed by atoms with Crippen molar-refractivity contribution in [3.05, 3.63) is 29.8 Å². The van der Waals surface area contributed by atoms with E-state index < -0.39 is 0 Å². The molecule has 4 heteroatoms. The Morgan fingerprint density at radius 3 is 2.47 bits per heavy atom. The van der Waals surface area contributed by atoms with E-state index in [0.717, 1.165) is 12.1 Å². The van der Waals surface area contributed by atoms with Crippen LogP contribution in [-0.2, 0) is 4.79 Å². The molecule has 1 atom stereocenters. The van der Waals surface area contributed by atoms with Crippen LogP contribution in [0.15, 0.2) is 24.3 Å². The van der Waals surface area contributed by atoms with Gasteiger partial charge in [0.1, 0.15) is 0 Å². The van der Waals surface area contributed by atoms with Crippen molar-refractivity contribution in [3.8, 4) is 6.07 Å². The second kappa shape index (κ2) is 6.02. The number of benzene rings is 1. The lowest BCUT2D eigenvalue weighted by atomic mass is 10.1. The van der Waals surface area contributed by atoms with Gasteiger partial charge in [-0.05, 0) is 30.7 Å². The van der Waals surface area contributed by atoms with E-state index in [-0.39, 0.29) is 11.8 Å². The van der Waals surface area contributed by atoms with E-state index in [1.54, 1.807) is 36.2 Å². The Bertz CT molecular complexity index is 415. The standard InChI is InChI=1S/C13H17N3O/c1-3-11(9-15)13(17)16(2)12-6-4-10(8-14)5-7-12/h4-7,11H,3,9,15H2,1-2H3. The summed E-state index contributed by atoms with van der Waals surface area (Å²) in [6.45, 7) is 2.30. The normalized spacial score (nSPS) is 11.6. The van der Waals surface area contributed by atoms with Gasteiger partial charge in [0.15, 0.2) is 0 Å². The summed E-state index contributed by atoms with van der Waals surface area (Å²) >= 11 is 0. The van der Waals surface area contributed by atoms with E-state index in [2.05, 4.69) is 0 Å². The van der Waals surface area contributed by atoms with Crippen LogP contribution in [-0.4, -0.2) is 19.5 Å². The first-order chi connectivity index (χ1) is 8.13. The third-order valence-electron chi connectivity index (χ3n) is 2.84. The van der Waals surface area contributed by atoms with Crippen LogP contribution in [0.1, 0.15) is 18.9 Å². The van der Waals surface area contributed by atoms with Crippen LogP contribution >= 0.6 is 0 Å². The molecular formula is C13H17N3O. The minimum atomic E-state index is -0.143. The third kappa shape index (κ3) is 3.05. The zero-order chi connectivity index (χ0) is 12.8. The minimum absolute atomic E-state index is 0.0136. The summed E-state index contributed by atoms with van der Waals surface area (Å²) in [5.41, 5.74) is 6.92. The number of carbonyl (C=O) groups is 1. The molecule has 1 amide bonds. The lowest BCUT2D eigenvalue weighted by molar-refractivity contribution is -0.121. The van der Waals surface area contributed by atoms with Crippen LogP contribution in [0, 0.1) is 17.2 Å². The quantitative estimate of drug-likeness (QED) is 0.853. The van der Waals surface area contributed by atoms with Gasteiger partial charge in [0.2, 0.25) is 5.91 Å². The summed E-state index contributed by atoms with van der Waals surface area (Å²) in [6, 6.07) is 8.97. The number of hydrogen-bond acceptors (Lipinski definition) is 3. The fraction of sp³-hybridized carbons (Fsp3) is 0.385. The van der Waals surface area contributed by atoms with E-state index in [9.17, 15) is 4.79 Å². The maximum absolute atomic E-state index is 12.0. The predicted octanol–water partition coefficient (Wildman–Crippen LogP) is 1.51. The molecule has 90 valence electrons. The number of nitrogens with two attached hydrogens (primary N) is 1. The molecule has 0 aliphatic rings. The molecule has 0 spiro atoms. The predicted molar refractivity (Wildman–Crippen MR) is 67.4 cm³/mol. The van der Waals surface area contributed by atoms with E-state index in [1.807, 2.05) is 13.0 Å². The average Bonchev–Trinajstić information content (AvgIpc) is 2.39. The fourth-order valence-corrected chi connectivity index (χ4v) is 1.60. The molecule has 4 nitrogen and oxygen atoms in total. The first kappa shape index (κ1) is 13.2. The molecule has 0 aliphatic heterocycles. The van der Waals surface area contributed by atoms with Crippen molar-refractivity contribution in [2.45, 2.75) is 13.3 Å². The summed E-state index contributed by atoms with van der Waals surface area (Å²) in [5, 5.41) is 8.69. The molecule has 0 radical (unpaired) electrons. The highest BCUT2D eigenvalue weighted by atomic mass is 16.2. The van der Waals surface area contributed by atoms with Gasteiger partial charge in [0.25, 0.3) is 0 Å². The van der Waals surface area contributed by atoms with Crippen LogP contribution in [0.25, 0.3) is 0 Å². The van der Waals surface area contributed by atoms with Gasteiger partial charge >= 0.3 is 0 Å². The number of nitriles is 1. The second-order valence-electron chi connectivity index (χ2n) is 3.90. The molecule has 0 saturated heterocycles. The van der Waals surface area contributed by atoms with Crippen LogP contribution in [0.2, 0.25) is 0 Å². The zero-order valence-electron chi connectivity index (χ0n) is 10.2. The van der Waals surface area contributed by atoms with E-state index >= 15 is 0 Å². The molecule has 0 bridgehead atoms. The summed E-state index contributed by atoms with van der Waals surface area (Å²) in [7, 11) is 1.72. The SMILES string of the molecule is CCC(CN)C(=O)N(C)c1ccc(C#N)cc1. The Hall–Kier alpha value is -1.86. The second-order valence-corrected chi connectivity index (χ2v) is 3.90. The van der Waals surface area contributed by atoms with Crippen molar-refractivity contribution in [1.29, 1.82) is 5.26 Å². The maximum Gasteiger partial charge on any atom is 0.231 e. The Labute approximate surface area is 102 Å². The molecule has 1 unspecified atom stereocenters. The van der Waals surface area contributed by atoms with E-state index in [4.69, 9.17) is 11.0 Å². The number of carbonyl (C=O) groups excluding carboxylic acids is 1. The number of nitrogens with zero attached hydrogens (tertiary/aromatic N) is 2. The smallest absolute Gasteiger partial charge is 0.231 e. The van der Waals surface area contributed by atoms with Gasteiger partial charge in [0, 0.05) is 19.3 Å². The molecule has 0 saturated carbocycles. The topological polar surface area (TPSA) is 70.1 Å². The molecule has 0 aromatic heterocycles. The van der Waals surface area contributed by atoms with Crippen molar-refractivity contribution in [3.63, 3.8) is 0 Å². The number of anilines is 1. The summed E-state index contributed by atoms with van der Waals surface area (Å²) in [4.78, 5) is 13.6. The molecule has 1 aromatic rings. The lowest BCUT2D eigenvalue weighted by Crippen LogP contribution is -2.36. The summed E-state index contributed by atoms with van der Waals surface area (Å²) in [5.74, 6) is -0.129. The Morgan fingerprint density at radius 1 is 1.47 bits per heavy atom. The highest BCUT2D eigenvalue weighted by Gasteiger charge is 2.19. The van der Waals surface area contributed by atoms with Gasteiger partial charge in [-0.3, -0.25) is 4.79 Å². The minimum Gasteiger partial charge on any atom is -0.330 e. The van der Waals surface area contributed by atoms with Gasteiger partial charge in [-0.15, -0.1) is 0 Å². The van der Waals surface area contributed by atoms with Gasteiger partial charge in [-0.1, -0.05) is 6.92 Å². The number of amides is 1. The molecule has 17 heavy (non-hydrogen) atoms. The largest absolute Gasteiger partial charge is 0.330 e. The Morgan fingerprint density at radius 2 is 2.06 bits per heavy atom. The first-order valence-corrected chi connectivity index (χ1v) is 5.61. The third-order valence-corrected chi connectivity index (χ3v) is 2.84. The molecule has 0 heterocycles. The molecule has 1 rings (SSSR count). The Kier molecular flexibility index (Phi) is 4.68. The summed E-state index contributed by atoms with van der Waals surface area (Å²) in [6.07, 6.45) is 0.732. The number of rotatable bonds is 4. The highest BCUT2D eigenvalue weighted by Crippen LogP contribution is 2.16.